The molecule has 0 unspecified atom stereocenters. The number of hydrogen-bond donors (Lipinski definition) is 3. The molecule has 0 spiro atoms. The summed E-state index contributed by atoms with van der Waals surface area (Å²) in [6.45, 7) is 2.00. The van der Waals surface area contributed by atoms with Crippen LogP contribution in [0.25, 0.3) is 0 Å². The molecule has 0 aliphatic carbocycles. The molecule has 0 amide bonds. The zero-order chi connectivity index (χ0) is 10.4. The summed E-state index contributed by atoms with van der Waals surface area (Å²) < 4.78 is 0. The lowest BCUT2D eigenvalue weighted by molar-refractivity contribution is -0.0980. The third-order valence-electron chi connectivity index (χ3n) is 1.23. The van der Waals surface area contributed by atoms with E-state index in [0.717, 1.165) is 0 Å². The molecule has 0 radical (unpaired) electrons. The predicted octanol–water partition coefficient (Wildman–Crippen LogP) is 0.611. The number of carbonyl (C=O) groups is 2. The van der Waals surface area contributed by atoms with Crippen molar-refractivity contribution in [2.75, 3.05) is 0 Å². The Labute approximate surface area is 73.9 Å². The highest BCUT2D eigenvalue weighted by molar-refractivity contribution is 5.93. The first kappa shape index (κ1) is 11.0. The van der Waals surface area contributed by atoms with E-state index in [1.165, 1.54) is 18.2 Å². The standard InChI is InChI=1S/C7H6O4.CH2O/c8-4-2-1-3-5(9)6(4)7(10)11;1-2/h1-3,8-9H,(H,10,11);1H2. The number of aromatic carboxylic acids is 1. The summed E-state index contributed by atoms with van der Waals surface area (Å²) >= 11 is 0. The number of benzene rings is 1. The molecule has 70 valence electrons. The van der Waals surface area contributed by atoms with Gasteiger partial charge in [0.1, 0.15) is 23.9 Å². The van der Waals surface area contributed by atoms with Crippen molar-refractivity contribution in [2.24, 2.45) is 0 Å². The molecule has 0 aliphatic rings. The Morgan fingerprint density at radius 2 is 1.54 bits per heavy atom. The maximum Gasteiger partial charge on any atom is 0.343 e. The van der Waals surface area contributed by atoms with Crippen LogP contribution in [0.15, 0.2) is 18.2 Å². The summed E-state index contributed by atoms with van der Waals surface area (Å²) in [4.78, 5) is 18.3. The number of carboxylic acid groups (broad SMARTS) is 1. The average Bonchev–Trinajstić information content (AvgIpc) is 2.07. The highest BCUT2D eigenvalue weighted by atomic mass is 16.4. The molecule has 1 rings (SSSR count). The van der Waals surface area contributed by atoms with Gasteiger partial charge in [0.25, 0.3) is 0 Å². The van der Waals surface area contributed by atoms with E-state index in [2.05, 4.69) is 0 Å². The monoisotopic (exact) mass is 184 g/mol. The van der Waals surface area contributed by atoms with Gasteiger partial charge in [0, 0.05) is 0 Å². The van der Waals surface area contributed by atoms with E-state index in [4.69, 9.17) is 20.1 Å². The second-order valence-electron chi connectivity index (χ2n) is 1.98. The maximum atomic E-state index is 10.3. The third kappa shape index (κ3) is 2.48. The van der Waals surface area contributed by atoms with Gasteiger partial charge in [0.15, 0.2) is 0 Å². The summed E-state index contributed by atoms with van der Waals surface area (Å²) in [6, 6.07) is 3.75. The number of carbonyl (C=O) groups excluding carboxylic acids is 1. The number of phenols is 2. The molecule has 0 aliphatic heterocycles. The third-order valence-corrected chi connectivity index (χ3v) is 1.23. The number of hydrogen-bond acceptors (Lipinski definition) is 4. The molecular formula is C8H8O5. The van der Waals surface area contributed by atoms with Gasteiger partial charge in [0.05, 0.1) is 0 Å². The van der Waals surface area contributed by atoms with Gasteiger partial charge >= 0.3 is 5.97 Å². The number of carboxylic acids is 1. The molecule has 0 saturated carbocycles. The minimum absolute atomic E-state index is 0.433. The number of aromatic hydroxyl groups is 2. The smallest absolute Gasteiger partial charge is 0.343 e. The van der Waals surface area contributed by atoms with Gasteiger partial charge in [0.2, 0.25) is 0 Å². The first-order chi connectivity index (χ1) is 6.13. The molecule has 0 heterocycles. The number of rotatable bonds is 1. The molecule has 5 heteroatoms. The van der Waals surface area contributed by atoms with Crippen LogP contribution < -0.4 is 0 Å². The summed E-state index contributed by atoms with van der Waals surface area (Å²) in [5.74, 6) is -2.21. The lowest BCUT2D eigenvalue weighted by Crippen LogP contribution is -1.96. The van der Waals surface area contributed by atoms with E-state index >= 15 is 0 Å². The van der Waals surface area contributed by atoms with E-state index in [0.29, 0.717) is 0 Å². The Balaban J connectivity index is 0.000000671. The van der Waals surface area contributed by atoms with Gasteiger partial charge in [-0.25, -0.2) is 4.79 Å². The maximum absolute atomic E-state index is 10.3. The molecule has 1 aromatic carbocycles. The van der Waals surface area contributed by atoms with Crippen LogP contribution in [-0.4, -0.2) is 28.1 Å². The van der Waals surface area contributed by atoms with E-state index in [9.17, 15) is 4.79 Å². The van der Waals surface area contributed by atoms with E-state index < -0.39 is 23.0 Å². The summed E-state index contributed by atoms with van der Waals surface area (Å²) in [5.41, 5.74) is -0.465. The van der Waals surface area contributed by atoms with Crippen LogP contribution in [0.2, 0.25) is 0 Å². The van der Waals surface area contributed by atoms with Crippen LogP contribution in [0.1, 0.15) is 10.4 Å². The lowest BCUT2D eigenvalue weighted by Gasteiger charge is -1.99. The summed E-state index contributed by atoms with van der Waals surface area (Å²) in [6.07, 6.45) is 0. The van der Waals surface area contributed by atoms with Crippen molar-refractivity contribution in [2.45, 2.75) is 0 Å². The fourth-order valence-corrected chi connectivity index (χ4v) is 0.747. The summed E-state index contributed by atoms with van der Waals surface area (Å²) in [5, 5.41) is 26.3. The molecule has 0 aromatic heterocycles. The molecule has 1 aromatic rings. The van der Waals surface area contributed by atoms with Crippen molar-refractivity contribution in [3.63, 3.8) is 0 Å². The van der Waals surface area contributed by atoms with Gasteiger partial charge < -0.3 is 20.1 Å². The lowest BCUT2D eigenvalue weighted by atomic mass is 10.2. The van der Waals surface area contributed by atoms with E-state index in [1.54, 1.807) is 0 Å². The second kappa shape index (κ2) is 4.76. The van der Waals surface area contributed by atoms with Crippen molar-refractivity contribution in [1.29, 1.82) is 0 Å². The molecule has 0 fully saturated rings. The molecular weight excluding hydrogens is 176 g/mol. The minimum Gasteiger partial charge on any atom is -0.507 e. The second-order valence-corrected chi connectivity index (χ2v) is 1.98. The fourth-order valence-electron chi connectivity index (χ4n) is 0.747. The molecule has 0 bridgehead atoms. The Morgan fingerprint density at radius 1 is 1.15 bits per heavy atom. The highest BCUT2D eigenvalue weighted by Gasteiger charge is 2.13. The minimum atomic E-state index is -1.35. The quantitative estimate of drug-likeness (QED) is 0.594. The topological polar surface area (TPSA) is 94.8 Å². The fraction of sp³-hybridized carbons (Fsp3) is 0. The van der Waals surface area contributed by atoms with Gasteiger partial charge in [-0.15, -0.1) is 0 Å². The van der Waals surface area contributed by atoms with Crippen molar-refractivity contribution < 1.29 is 24.9 Å². The van der Waals surface area contributed by atoms with Gasteiger partial charge in [-0.1, -0.05) is 6.07 Å². The molecule has 5 nitrogen and oxygen atoms in total. The van der Waals surface area contributed by atoms with Crippen molar-refractivity contribution in [1.82, 2.24) is 0 Å². The largest absolute Gasteiger partial charge is 0.507 e. The Hall–Kier alpha value is -2.04. The first-order valence-electron chi connectivity index (χ1n) is 3.16. The Morgan fingerprint density at radius 3 is 1.77 bits per heavy atom. The zero-order valence-electron chi connectivity index (χ0n) is 6.60. The summed E-state index contributed by atoms with van der Waals surface area (Å²) in [7, 11) is 0. The van der Waals surface area contributed by atoms with Crippen LogP contribution in [0.5, 0.6) is 11.5 Å². The molecule has 13 heavy (non-hydrogen) atoms. The molecule has 0 atom stereocenters. The van der Waals surface area contributed by atoms with Gasteiger partial charge in [-0.3, -0.25) is 0 Å². The van der Waals surface area contributed by atoms with Gasteiger partial charge in [-0.2, -0.15) is 0 Å². The SMILES string of the molecule is C=O.O=C(O)c1c(O)cccc1O. The Kier molecular flexibility index (Phi) is 4.01. The highest BCUT2D eigenvalue weighted by Crippen LogP contribution is 2.25. The average molecular weight is 184 g/mol. The van der Waals surface area contributed by atoms with Crippen molar-refractivity contribution >= 4 is 12.8 Å². The van der Waals surface area contributed by atoms with Crippen LogP contribution in [0, 0.1) is 0 Å². The van der Waals surface area contributed by atoms with Crippen molar-refractivity contribution in [3.05, 3.63) is 23.8 Å². The normalized spacial score (nSPS) is 8.31. The zero-order valence-corrected chi connectivity index (χ0v) is 6.60. The first-order valence-corrected chi connectivity index (χ1v) is 3.16. The van der Waals surface area contributed by atoms with E-state index in [1.807, 2.05) is 6.79 Å². The van der Waals surface area contributed by atoms with Gasteiger partial charge in [-0.05, 0) is 12.1 Å². The predicted molar refractivity (Wildman–Crippen MR) is 43.9 cm³/mol. The van der Waals surface area contributed by atoms with Crippen LogP contribution in [0.4, 0.5) is 0 Å². The van der Waals surface area contributed by atoms with Crippen LogP contribution in [0.3, 0.4) is 0 Å². The van der Waals surface area contributed by atoms with E-state index in [-0.39, 0.29) is 0 Å². The molecule has 3 N–H and O–H groups in total. The van der Waals surface area contributed by atoms with Crippen LogP contribution in [-0.2, 0) is 4.79 Å². The Bertz CT molecular complexity index is 287. The van der Waals surface area contributed by atoms with Crippen molar-refractivity contribution in [3.8, 4) is 11.5 Å². The van der Waals surface area contributed by atoms with Crippen LogP contribution >= 0.6 is 0 Å². The molecule has 0 saturated heterocycles.